The number of hydrogen-bond donors (Lipinski definition) is 1. The molecule has 0 aromatic heterocycles. The number of piperidine rings is 1. The van der Waals surface area contributed by atoms with E-state index >= 15 is 0 Å². The van der Waals surface area contributed by atoms with Gasteiger partial charge in [0.2, 0.25) is 0 Å². The summed E-state index contributed by atoms with van der Waals surface area (Å²) in [5.74, 6) is -1.02. The topological polar surface area (TPSA) is 73.6 Å². The van der Waals surface area contributed by atoms with Gasteiger partial charge in [-0.25, -0.2) is 0 Å². The Kier molecular flexibility index (Phi) is 3.56. The third-order valence-corrected chi connectivity index (χ3v) is 2.60. The number of nitriles is 1. The zero-order valence-corrected chi connectivity index (χ0v) is 9.99. The molecule has 5 heteroatoms. The molecule has 0 bridgehead atoms. The van der Waals surface area contributed by atoms with E-state index in [1.807, 2.05) is 26.8 Å². The molecule has 0 aromatic carbocycles. The molecule has 0 atom stereocenters. The first-order valence-corrected chi connectivity index (χ1v) is 5.38. The van der Waals surface area contributed by atoms with Crippen LogP contribution in [0, 0.1) is 16.7 Å². The van der Waals surface area contributed by atoms with E-state index in [0.29, 0.717) is 25.9 Å². The Labute approximate surface area is 95.6 Å². The van der Waals surface area contributed by atoms with Crippen LogP contribution in [0.25, 0.3) is 0 Å². The standard InChI is InChI=1S/C11H18N2O3/c1-10(2,3)16-13-6-4-11(8-12,5-7-13)9(14)15/h4-7H2,1-3H3,(H,14,15). The van der Waals surface area contributed by atoms with Crippen molar-refractivity contribution in [3.05, 3.63) is 0 Å². The van der Waals surface area contributed by atoms with Crippen molar-refractivity contribution in [1.29, 1.82) is 5.26 Å². The minimum atomic E-state index is -1.22. The highest BCUT2D eigenvalue weighted by atomic mass is 16.7. The largest absolute Gasteiger partial charge is 0.480 e. The first kappa shape index (κ1) is 12.9. The summed E-state index contributed by atoms with van der Waals surface area (Å²) in [4.78, 5) is 16.6. The molecule has 1 aliphatic rings. The molecule has 0 radical (unpaired) electrons. The lowest BCUT2D eigenvalue weighted by Gasteiger charge is -2.37. The Morgan fingerprint density at radius 2 is 1.94 bits per heavy atom. The van der Waals surface area contributed by atoms with Crippen LogP contribution in [0.5, 0.6) is 0 Å². The summed E-state index contributed by atoms with van der Waals surface area (Å²) in [5.41, 5.74) is -1.51. The number of rotatable bonds is 2. The fourth-order valence-corrected chi connectivity index (χ4v) is 1.72. The fraction of sp³-hybridized carbons (Fsp3) is 0.818. The first-order chi connectivity index (χ1) is 7.29. The molecule has 1 saturated heterocycles. The van der Waals surface area contributed by atoms with Crippen LogP contribution in [0.2, 0.25) is 0 Å². The summed E-state index contributed by atoms with van der Waals surface area (Å²) in [6.07, 6.45) is 0.629. The van der Waals surface area contributed by atoms with Gasteiger partial charge in [0.05, 0.1) is 11.7 Å². The van der Waals surface area contributed by atoms with E-state index in [2.05, 4.69) is 0 Å². The van der Waals surface area contributed by atoms with Gasteiger partial charge in [0.1, 0.15) is 0 Å². The number of aliphatic carboxylic acids is 1. The van der Waals surface area contributed by atoms with Crippen molar-refractivity contribution >= 4 is 5.97 Å². The van der Waals surface area contributed by atoms with E-state index < -0.39 is 11.4 Å². The van der Waals surface area contributed by atoms with Crippen molar-refractivity contribution in [2.45, 2.75) is 39.2 Å². The van der Waals surface area contributed by atoms with Crippen molar-refractivity contribution < 1.29 is 14.7 Å². The second kappa shape index (κ2) is 4.40. The molecular formula is C11H18N2O3. The van der Waals surface area contributed by atoms with Crippen molar-refractivity contribution in [1.82, 2.24) is 5.06 Å². The number of carboxylic acids is 1. The van der Waals surface area contributed by atoms with E-state index in [-0.39, 0.29) is 5.60 Å². The number of nitrogens with zero attached hydrogens (tertiary/aromatic N) is 2. The van der Waals surface area contributed by atoms with Crippen molar-refractivity contribution in [3.63, 3.8) is 0 Å². The molecule has 1 rings (SSSR count). The van der Waals surface area contributed by atoms with Gasteiger partial charge < -0.3 is 5.11 Å². The van der Waals surface area contributed by atoms with Crippen molar-refractivity contribution in [3.8, 4) is 6.07 Å². The Hall–Kier alpha value is -1.12. The molecule has 1 fully saturated rings. The molecule has 90 valence electrons. The van der Waals surface area contributed by atoms with Gasteiger partial charge in [-0.3, -0.25) is 9.63 Å². The Bertz CT molecular complexity index is 306. The Balaban J connectivity index is 2.58. The molecular weight excluding hydrogens is 208 g/mol. The zero-order chi connectivity index (χ0) is 12.4. The number of carboxylic acid groups (broad SMARTS) is 1. The predicted octanol–water partition coefficient (Wildman–Crippen LogP) is 1.41. The Morgan fingerprint density at radius 1 is 1.44 bits per heavy atom. The summed E-state index contributed by atoms with van der Waals surface area (Å²) in [6.45, 7) is 6.79. The smallest absolute Gasteiger partial charge is 0.324 e. The highest BCUT2D eigenvalue weighted by Gasteiger charge is 2.42. The molecule has 1 aliphatic heterocycles. The second-order valence-corrected chi connectivity index (χ2v) is 5.13. The van der Waals surface area contributed by atoms with Gasteiger partial charge in [0, 0.05) is 13.1 Å². The third-order valence-electron chi connectivity index (χ3n) is 2.60. The summed E-state index contributed by atoms with van der Waals surface area (Å²) in [5, 5.41) is 19.7. The van der Waals surface area contributed by atoms with Crippen molar-refractivity contribution in [2.24, 2.45) is 5.41 Å². The highest BCUT2D eigenvalue weighted by Crippen LogP contribution is 2.31. The van der Waals surface area contributed by atoms with E-state index in [0.717, 1.165) is 0 Å². The van der Waals surface area contributed by atoms with Gasteiger partial charge in [-0.05, 0) is 33.6 Å². The lowest BCUT2D eigenvalue weighted by atomic mass is 9.80. The summed E-state index contributed by atoms with van der Waals surface area (Å²) < 4.78 is 0. The van der Waals surface area contributed by atoms with Crippen LogP contribution >= 0.6 is 0 Å². The van der Waals surface area contributed by atoms with Crippen LogP contribution < -0.4 is 0 Å². The minimum absolute atomic E-state index is 0.282. The molecule has 0 aliphatic carbocycles. The molecule has 16 heavy (non-hydrogen) atoms. The maximum absolute atomic E-state index is 11.0. The monoisotopic (exact) mass is 226 g/mol. The second-order valence-electron chi connectivity index (χ2n) is 5.13. The maximum atomic E-state index is 11.0. The van der Waals surface area contributed by atoms with Crippen molar-refractivity contribution in [2.75, 3.05) is 13.1 Å². The Morgan fingerprint density at radius 3 is 2.25 bits per heavy atom. The van der Waals surface area contributed by atoms with Crippen LogP contribution in [-0.2, 0) is 9.63 Å². The number of carbonyl (C=O) groups is 1. The van der Waals surface area contributed by atoms with Gasteiger partial charge in [-0.1, -0.05) is 0 Å². The molecule has 1 heterocycles. The van der Waals surface area contributed by atoms with Crippen LogP contribution in [0.4, 0.5) is 0 Å². The minimum Gasteiger partial charge on any atom is -0.480 e. The lowest BCUT2D eigenvalue weighted by Crippen LogP contribution is -2.46. The van der Waals surface area contributed by atoms with Crippen LogP contribution in [0.3, 0.4) is 0 Å². The molecule has 5 nitrogen and oxygen atoms in total. The van der Waals surface area contributed by atoms with Crippen LogP contribution in [-0.4, -0.2) is 34.8 Å². The number of hydrogen-bond acceptors (Lipinski definition) is 4. The SMILES string of the molecule is CC(C)(C)ON1CCC(C#N)(C(=O)O)CC1. The summed E-state index contributed by atoms with van der Waals surface area (Å²) >= 11 is 0. The van der Waals surface area contributed by atoms with Gasteiger partial charge in [-0.2, -0.15) is 10.3 Å². The molecule has 0 saturated carbocycles. The van der Waals surface area contributed by atoms with Crippen LogP contribution in [0.1, 0.15) is 33.6 Å². The molecule has 1 N–H and O–H groups in total. The summed E-state index contributed by atoms with van der Waals surface area (Å²) in [6, 6.07) is 1.92. The van der Waals surface area contributed by atoms with E-state index in [1.165, 1.54) is 0 Å². The number of hydroxylamine groups is 2. The lowest BCUT2D eigenvalue weighted by molar-refractivity contribution is -0.242. The van der Waals surface area contributed by atoms with E-state index in [1.54, 1.807) is 5.06 Å². The quantitative estimate of drug-likeness (QED) is 0.770. The third kappa shape index (κ3) is 2.94. The average molecular weight is 226 g/mol. The normalized spacial score (nSPS) is 21.4. The summed E-state index contributed by atoms with van der Waals surface area (Å²) in [7, 11) is 0. The average Bonchev–Trinajstić information content (AvgIpc) is 2.16. The molecule has 0 amide bonds. The van der Waals surface area contributed by atoms with Gasteiger partial charge in [0.15, 0.2) is 5.41 Å². The maximum Gasteiger partial charge on any atom is 0.324 e. The predicted molar refractivity (Wildman–Crippen MR) is 57.3 cm³/mol. The molecule has 0 aromatic rings. The van der Waals surface area contributed by atoms with Gasteiger partial charge in [-0.15, -0.1) is 0 Å². The fourth-order valence-electron chi connectivity index (χ4n) is 1.72. The van der Waals surface area contributed by atoms with E-state index in [4.69, 9.17) is 15.2 Å². The molecule has 0 unspecified atom stereocenters. The first-order valence-electron chi connectivity index (χ1n) is 5.38. The molecule has 0 spiro atoms. The highest BCUT2D eigenvalue weighted by molar-refractivity contribution is 5.78. The van der Waals surface area contributed by atoms with Gasteiger partial charge >= 0.3 is 5.97 Å². The van der Waals surface area contributed by atoms with Crippen LogP contribution in [0.15, 0.2) is 0 Å². The van der Waals surface area contributed by atoms with Gasteiger partial charge in [0.25, 0.3) is 0 Å². The van der Waals surface area contributed by atoms with E-state index in [9.17, 15) is 4.79 Å². The zero-order valence-electron chi connectivity index (χ0n) is 9.99.